The molecule has 0 bridgehead atoms. The standard InChI is InChI=1S/C32H42ClNO4.C27H34ClNO2.CO2/c1-30(2,3)16-15-22-13-14-23(19-27(22)33)32(7)20-28(35)34(17-18-37-8)21-26(32)24-11-9-10-12-25(24)29(36)38-31(4,5)6;1-26(2,3)14-13-21-11-12-22(17-24(21)28)27(4)18-25(30)29(15-16-31-5)19-23(27)20-9-7-6-8-10-20;2-1-3/h9-14,19,21H,15-18,20H2,1-8H3;6-12,17,19H,13-16,18H2,1-5H3;/t32-;27-;/m00./s1. The lowest BCUT2D eigenvalue weighted by molar-refractivity contribution is -0.191. The number of rotatable bonds is 15. The molecule has 6 rings (SSSR count). The zero-order chi connectivity index (χ0) is 53.7. The molecule has 72 heavy (non-hydrogen) atoms. The van der Waals surface area contributed by atoms with Crippen LogP contribution in [0.4, 0.5) is 0 Å². The van der Waals surface area contributed by atoms with Crippen molar-refractivity contribution in [2.75, 3.05) is 40.5 Å². The predicted octanol–water partition coefficient (Wildman–Crippen LogP) is 13.4. The average Bonchev–Trinajstić information content (AvgIpc) is 3.30. The van der Waals surface area contributed by atoms with Gasteiger partial charge in [0.15, 0.2) is 0 Å². The van der Waals surface area contributed by atoms with Crippen LogP contribution in [0.25, 0.3) is 11.1 Å². The number of aryl methyl sites for hydroxylation is 2. The Morgan fingerprint density at radius 2 is 1.04 bits per heavy atom. The van der Waals surface area contributed by atoms with E-state index in [-0.39, 0.29) is 35.2 Å². The molecule has 2 aliphatic rings. The second kappa shape index (κ2) is 25.5. The molecule has 4 aromatic rings. The Morgan fingerprint density at radius 3 is 1.46 bits per heavy atom. The van der Waals surface area contributed by atoms with Crippen LogP contribution in [-0.4, -0.2) is 79.9 Å². The fourth-order valence-electron chi connectivity index (χ4n) is 8.82. The van der Waals surface area contributed by atoms with E-state index in [9.17, 15) is 14.4 Å². The number of nitrogens with zero attached hydrogens (tertiary/aromatic N) is 2. The van der Waals surface area contributed by atoms with Gasteiger partial charge in [-0.15, -0.1) is 0 Å². The van der Waals surface area contributed by atoms with Gasteiger partial charge in [-0.25, -0.2) is 4.79 Å². The highest BCUT2D eigenvalue weighted by Crippen LogP contribution is 2.48. The number of esters is 1. The van der Waals surface area contributed by atoms with E-state index < -0.39 is 22.4 Å². The lowest BCUT2D eigenvalue weighted by atomic mass is 9.68. The Morgan fingerprint density at radius 1 is 0.625 bits per heavy atom. The number of allylic oxidation sites excluding steroid dienone is 2. The van der Waals surface area contributed by atoms with Gasteiger partial charge in [-0.05, 0) is 120 Å². The first kappa shape index (κ1) is 59.2. The third kappa shape index (κ3) is 16.3. The summed E-state index contributed by atoms with van der Waals surface area (Å²) in [5.41, 5.74) is 7.28. The van der Waals surface area contributed by atoms with Crippen LogP contribution in [-0.2, 0) is 57.1 Å². The lowest BCUT2D eigenvalue weighted by Crippen LogP contribution is -2.41. The van der Waals surface area contributed by atoms with Gasteiger partial charge in [-0.3, -0.25) is 9.59 Å². The summed E-state index contributed by atoms with van der Waals surface area (Å²) in [5, 5.41) is 1.48. The third-order valence-corrected chi connectivity index (χ3v) is 13.8. The van der Waals surface area contributed by atoms with Gasteiger partial charge in [0.05, 0.1) is 18.8 Å². The Bertz CT molecular complexity index is 2600. The molecule has 2 aliphatic heterocycles. The van der Waals surface area contributed by atoms with Crippen LogP contribution in [0.3, 0.4) is 0 Å². The molecule has 0 radical (unpaired) electrons. The van der Waals surface area contributed by atoms with Crippen molar-refractivity contribution < 1.29 is 38.2 Å². The number of methoxy groups -OCH3 is 2. The molecule has 2 heterocycles. The molecule has 0 saturated carbocycles. The van der Waals surface area contributed by atoms with Gasteiger partial charge in [0.1, 0.15) is 5.60 Å². The van der Waals surface area contributed by atoms with Crippen molar-refractivity contribution in [3.63, 3.8) is 0 Å². The predicted molar refractivity (Wildman–Crippen MR) is 289 cm³/mol. The SMILES string of the molecule is COCCN1C=C(c2ccccc2)[C@](C)(c2ccc(CCC(C)(C)C)c(Cl)c2)CC1=O.COCCN1C=C(c2ccccc2C(=O)OC(C)(C)C)[C@](C)(c2ccc(CCC(C)(C)C)c(Cl)c2)CC1=O.O=C=O. The quantitative estimate of drug-likeness (QED) is 0.108. The summed E-state index contributed by atoms with van der Waals surface area (Å²) in [6.45, 7) is 25.1. The summed E-state index contributed by atoms with van der Waals surface area (Å²) >= 11 is 13.6. The van der Waals surface area contributed by atoms with Crippen molar-refractivity contribution in [2.45, 2.75) is 131 Å². The molecule has 0 fully saturated rings. The normalized spacial score (nSPS) is 18.2. The van der Waals surface area contributed by atoms with Gasteiger partial charge in [-0.1, -0.05) is 151 Å². The Labute approximate surface area is 439 Å². The molecular formula is C60H76Cl2N2O8. The third-order valence-electron chi connectivity index (χ3n) is 13.1. The average molecular weight is 1020 g/mol. The molecule has 12 heteroatoms. The number of hydrogen-bond donors (Lipinski definition) is 0. The smallest absolute Gasteiger partial charge is 0.373 e. The monoisotopic (exact) mass is 1020 g/mol. The zero-order valence-electron chi connectivity index (χ0n) is 44.8. The maximum atomic E-state index is 13.3. The topological polar surface area (TPSA) is 120 Å². The zero-order valence-corrected chi connectivity index (χ0v) is 46.3. The summed E-state index contributed by atoms with van der Waals surface area (Å²) in [7, 11) is 3.27. The summed E-state index contributed by atoms with van der Waals surface area (Å²) in [6.07, 6.45) is 8.68. The second-order valence-corrected chi connectivity index (χ2v) is 23.3. The van der Waals surface area contributed by atoms with E-state index in [4.69, 9.17) is 47.0 Å². The first-order valence-corrected chi connectivity index (χ1v) is 25.4. The molecule has 0 N–H and O–H groups in total. The minimum Gasteiger partial charge on any atom is -0.456 e. The summed E-state index contributed by atoms with van der Waals surface area (Å²) in [4.78, 5) is 59.4. The van der Waals surface area contributed by atoms with E-state index in [0.29, 0.717) is 43.3 Å². The minimum atomic E-state index is -0.703. The largest absolute Gasteiger partial charge is 0.456 e. The second-order valence-electron chi connectivity index (χ2n) is 22.5. The van der Waals surface area contributed by atoms with Gasteiger partial charge in [0.2, 0.25) is 11.8 Å². The lowest BCUT2D eigenvalue weighted by Gasteiger charge is -2.40. The van der Waals surface area contributed by atoms with Gasteiger partial charge >= 0.3 is 12.1 Å². The molecule has 388 valence electrons. The Kier molecular flexibility index (Phi) is 21.0. The number of carbonyl (C=O) groups excluding carboxylic acids is 5. The van der Waals surface area contributed by atoms with Crippen molar-refractivity contribution in [3.05, 3.63) is 152 Å². The van der Waals surface area contributed by atoms with E-state index in [0.717, 1.165) is 75.2 Å². The molecule has 0 saturated heterocycles. The number of carbonyl (C=O) groups is 3. The van der Waals surface area contributed by atoms with Crippen molar-refractivity contribution in [2.24, 2.45) is 10.8 Å². The maximum absolute atomic E-state index is 13.3. The molecule has 4 aromatic carbocycles. The van der Waals surface area contributed by atoms with Gasteiger partial charge in [-0.2, -0.15) is 9.59 Å². The van der Waals surface area contributed by atoms with Crippen LogP contribution in [0.5, 0.6) is 0 Å². The molecular weight excluding hydrogens is 948 g/mol. The highest BCUT2D eigenvalue weighted by atomic mass is 35.5. The molecule has 0 aromatic heterocycles. The fourth-order valence-corrected chi connectivity index (χ4v) is 9.37. The van der Waals surface area contributed by atoms with E-state index in [1.165, 1.54) is 0 Å². The Hall–Kier alpha value is -5.35. The van der Waals surface area contributed by atoms with Crippen molar-refractivity contribution in [1.29, 1.82) is 0 Å². The first-order valence-electron chi connectivity index (χ1n) is 24.7. The van der Waals surface area contributed by atoms with Crippen LogP contribution in [0, 0.1) is 10.8 Å². The minimum absolute atomic E-state index is 0.00372. The molecule has 0 unspecified atom stereocenters. The van der Waals surface area contributed by atoms with E-state index in [1.54, 1.807) is 30.1 Å². The number of benzene rings is 4. The molecule has 0 spiro atoms. The van der Waals surface area contributed by atoms with E-state index in [1.807, 2.05) is 75.6 Å². The fraction of sp³-hybridized carbons (Fsp3) is 0.467. The van der Waals surface area contributed by atoms with Crippen LogP contribution in [0.1, 0.15) is 146 Å². The summed E-state index contributed by atoms with van der Waals surface area (Å²) in [5.74, 6) is -0.296. The van der Waals surface area contributed by atoms with Crippen molar-refractivity contribution >= 4 is 58.3 Å². The number of ether oxygens (including phenoxy) is 3. The first-order chi connectivity index (χ1) is 33.7. The van der Waals surface area contributed by atoms with Crippen LogP contribution in [0.15, 0.2) is 103 Å². The van der Waals surface area contributed by atoms with Crippen LogP contribution >= 0.6 is 23.2 Å². The van der Waals surface area contributed by atoms with Crippen molar-refractivity contribution in [1.82, 2.24) is 9.80 Å². The number of halogens is 2. The highest BCUT2D eigenvalue weighted by molar-refractivity contribution is 6.31. The van der Waals surface area contributed by atoms with Gasteiger partial charge < -0.3 is 24.0 Å². The van der Waals surface area contributed by atoms with Crippen molar-refractivity contribution in [3.8, 4) is 0 Å². The molecule has 2 atom stereocenters. The summed E-state index contributed by atoms with van der Waals surface area (Å²) in [6, 6.07) is 30.2. The van der Waals surface area contributed by atoms with E-state index >= 15 is 0 Å². The molecule has 0 aliphatic carbocycles. The highest BCUT2D eigenvalue weighted by Gasteiger charge is 2.42. The van der Waals surface area contributed by atoms with Gasteiger partial charge in [0, 0.05) is 73.4 Å². The van der Waals surface area contributed by atoms with Crippen LogP contribution < -0.4 is 0 Å². The molecule has 10 nitrogen and oxygen atoms in total. The van der Waals surface area contributed by atoms with Crippen LogP contribution in [0.2, 0.25) is 10.0 Å². The van der Waals surface area contributed by atoms with E-state index in [2.05, 4.69) is 97.9 Å². The van der Waals surface area contributed by atoms with Gasteiger partial charge in [0.25, 0.3) is 0 Å². The number of amides is 2. The summed E-state index contributed by atoms with van der Waals surface area (Å²) < 4.78 is 16.2. The maximum Gasteiger partial charge on any atom is 0.373 e. The number of hydrogen-bond acceptors (Lipinski definition) is 8. The molecule has 2 amide bonds. The Balaban J connectivity index is 0.000000302.